The van der Waals surface area contributed by atoms with E-state index in [0.29, 0.717) is 6.79 Å². The summed E-state index contributed by atoms with van der Waals surface area (Å²) in [4.78, 5) is 6.71. The first-order valence-electron chi connectivity index (χ1n) is 8.47. The molecule has 1 saturated heterocycles. The minimum atomic E-state index is -0.474. The lowest BCUT2D eigenvalue weighted by molar-refractivity contribution is 0.0492. The van der Waals surface area contributed by atoms with Crippen molar-refractivity contribution in [1.29, 1.82) is 0 Å². The zero-order valence-electron chi connectivity index (χ0n) is 13.9. The van der Waals surface area contributed by atoms with Gasteiger partial charge >= 0.3 is 0 Å². The van der Waals surface area contributed by atoms with Crippen molar-refractivity contribution in [3.8, 4) is 11.5 Å². The van der Waals surface area contributed by atoms with Crippen LogP contribution in [0.15, 0.2) is 30.6 Å². The summed E-state index contributed by atoms with van der Waals surface area (Å²) in [5.41, 5.74) is 1.24. The molecule has 24 heavy (non-hydrogen) atoms. The van der Waals surface area contributed by atoms with Crippen molar-refractivity contribution in [3.63, 3.8) is 0 Å². The number of imidazole rings is 1. The van der Waals surface area contributed by atoms with Gasteiger partial charge in [-0.1, -0.05) is 6.07 Å². The fraction of sp³-hybridized carbons (Fsp3) is 0.500. The number of rotatable bonds is 4. The van der Waals surface area contributed by atoms with Crippen molar-refractivity contribution in [1.82, 2.24) is 14.5 Å². The van der Waals surface area contributed by atoms with Crippen molar-refractivity contribution in [2.45, 2.75) is 25.5 Å². The molecule has 2 aliphatic rings. The molecule has 128 valence electrons. The Kier molecular flexibility index (Phi) is 4.16. The molecule has 0 unspecified atom stereocenters. The molecule has 1 aromatic carbocycles. The first kappa shape index (κ1) is 15.5. The van der Waals surface area contributed by atoms with Crippen LogP contribution in [0.4, 0.5) is 0 Å². The van der Waals surface area contributed by atoms with Crippen LogP contribution in [0.1, 0.15) is 30.3 Å². The van der Waals surface area contributed by atoms with Crippen molar-refractivity contribution in [2.75, 3.05) is 19.9 Å². The lowest BCUT2D eigenvalue weighted by Gasteiger charge is -2.34. The van der Waals surface area contributed by atoms with Gasteiger partial charge in [-0.25, -0.2) is 4.98 Å². The summed E-state index contributed by atoms with van der Waals surface area (Å²) >= 11 is 0. The van der Waals surface area contributed by atoms with E-state index in [2.05, 4.69) is 22.0 Å². The second kappa shape index (κ2) is 6.45. The van der Waals surface area contributed by atoms with Crippen LogP contribution in [0.25, 0.3) is 0 Å². The average molecular weight is 329 g/mol. The molecule has 2 aliphatic heterocycles. The molecule has 1 fully saturated rings. The highest BCUT2D eigenvalue weighted by molar-refractivity contribution is 5.44. The SMILES string of the molecule is Cn1ccnc1[C@H](O)C1CCN(Cc2ccc3c(c2)OCO3)CC1. The molecule has 4 rings (SSSR count). The number of ether oxygens (including phenoxy) is 2. The van der Waals surface area contributed by atoms with Crippen LogP contribution in [-0.4, -0.2) is 39.4 Å². The number of aliphatic hydroxyl groups is 1. The van der Waals surface area contributed by atoms with E-state index in [4.69, 9.17) is 9.47 Å². The number of fused-ring (bicyclic) bond motifs is 1. The molecule has 1 aromatic heterocycles. The third-order valence-corrected chi connectivity index (χ3v) is 5.04. The molecule has 0 amide bonds. The third-order valence-electron chi connectivity index (χ3n) is 5.04. The molecule has 3 heterocycles. The predicted molar refractivity (Wildman–Crippen MR) is 88.7 cm³/mol. The largest absolute Gasteiger partial charge is 0.454 e. The van der Waals surface area contributed by atoms with Gasteiger partial charge in [-0.2, -0.15) is 0 Å². The second-order valence-corrected chi connectivity index (χ2v) is 6.64. The number of likely N-dealkylation sites (tertiary alicyclic amines) is 1. The van der Waals surface area contributed by atoms with E-state index in [1.54, 1.807) is 6.20 Å². The van der Waals surface area contributed by atoms with E-state index < -0.39 is 6.10 Å². The van der Waals surface area contributed by atoms with Gasteiger partial charge in [-0.05, 0) is 49.5 Å². The summed E-state index contributed by atoms with van der Waals surface area (Å²) < 4.78 is 12.7. The van der Waals surface area contributed by atoms with Crippen LogP contribution in [0.2, 0.25) is 0 Å². The standard InChI is InChI=1S/C18H23N3O3/c1-20-9-6-19-18(20)17(22)14-4-7-21(8-5-14)11-13-2-3-15-16(10-13)24-12-23-15/h2-3,6,9-10,14,17,22H,4-5,7-8,11-12H2,1H3/t17-/m1/s1. The quantitative estimate of drug-likeness (QED) is 0.931. The van der Waals surface area contributed by atoms with Crippen LogP contribution in [-0.2, 0) is 13.6 Å². The summed E-state index contributed by atoms with van der Waals surface area (Å²) in [6, 6.07) is 6.15. The van der Waals surface area contributed by atoms with E-state index in [-0.39, 0.29) is 5.92 Å². The number of hydrogen-bond acceptors (Lipinski definition) is 5. The Bertz CT molecular complexity index is 707. The second-order valence-electron chi connectivity index (χ2n) is 6.64. The zero-order chi connectivity index (χ0) is 16.5. The highest BCUT2D eigenvalue weighted by atomic mass is 16.7. The maximum absolute atomic E-state index is 10.6. The minimum Gasteiger partial charge on any atom is -0.454 e. The summed E-state index contributed by atoms with van der Waals surface area (Å²) in [5.74, 6) is 2.71. The van der Waals surface area contributed by atoms with Gasteiger partial charge in [0.1, 0.15) is 11.9 Å². The molecule has 2 aromatic rings. The van der Waals surface area contributed by atoms with Crippen molar-refractivity contribution >= 4 is 0 Å². The van der Waals surface area contributed by atoms with Gasteiger partial charge in [0.2, 0.25) is 6.79 Å². The molecule has 0 bridgehead atoms. The van der Waals surface area contributed by atoms with Crippen molar-refractivity contribution in [2.24, 2.45) is 13.0 Å². The van der Waals surface area contributed by atoms with Crippen molar-refractivity contribution < 1.29 is 14.6 Å². The van der Waals surface area contributed by atoms with E-state index in [1.807, 2.05) is 23.9 Å². The summed E-state index contributed by atoms with van der Waals surface area (Å²) in [6.45, 7) is 3.19. The molecule has 0 radical (unpaired) electrons. The Morgan fingerprint density at radius 3 is 2.79 bits per heavy atom. The normalized spacial score (nSPS) is 19.6. The molecular weight excluding hydrogens is 306 g/mol. The van der Waals surface area contributed by atoms with Gasteiger partial charge in [0.05, 0.1) is 0 Å². The molecular formula is C18H23N3O3. The van der Waals surface area contributed by atoms with Crippen LogP contribution in [0.3, 0.4) is 0 Å². The molecule has 0 aliphatic carbocycles. The highest BCUT2D eigenvalue weighted by Gasteiger charge is 2.28. The Morgan fingerprint density at radius 2 is 2.04 bits per heavy atom. The fourth-order valence-electron chi connectivity index (χ4n) is 3.60. The van der Waals surface area contributed by atoms with Gasteiger partial charge < -0.3 is 19.1 Å². The van der Waals surface area contributed by atoms with Gasteiger partial charge in [0.15, 0.2) is 11.5 Å². The van der Waals surface area contributed by atoms with Crippen molar-refractivity contribution in [3.05, 3.63) is 42.0 Å². The van der Waals surface area contributed by atoms with E-state index >= 15 is 0 Å². The first-order valence-corrected chi connectivity index (χ1v) is 8.47. The third kappa shape index (κ3) is 2.99. The lowest BCUT2D eigenvalue weighted by Crippen LogP contribution is -2.35. The molecule has 1 N–H and O–H groups in total. The van der Waals surface area contributed by atoms with Crippen LogP contribution in [0.5, 0.6) is 11.5 Å². The summed E-state index contributed by atoms with van der Waals surface area (Å²) in [5, 5.41) is 10.6. The van der Waals surface area contributed by atoms with Crippen LogP contribution in [0, 0.1) is 5.92 Å². The number of hydrogen-bond donors (Lipinski definition) is 1. The molecule has 6 nitrogen and oxygen atoms in total. The Morgan fingerprint density at radius 1 is 1.25 bits per heavy atom. The minimum absolute atomic E-state index is 0.277. The summed E-state index contributed by atoms with van der Waals surface area (Å²) in [6.07, 6.45) is 5.12. The number of aliphatic hydroxyl groups excluding tert-OH is 1. The Labute approximate surface area is 141 Å². The molecule has 1 atom stereocenters. The lowest BCUT2D eigenvalue weighted by atomic mass is 9.90. The first-order chi connectivity index (χ1) is 11.7. The maximum Gasteiger partial charge on any atom is 0.231 e. The van der Waals surface area contributed by atoms with Gasteiger partial charge in [0.25, 0.3) is 0 Å². The van der Waals surface area contributed by atoms with Gasteiger partial charge in [-0.15, -0.1) is 0 Å². The number of benzene rings is 1. The van der Waals surface area contributed by atoms with Gasteiger partial charge in [0, 0.05) is 26.0 Å². The number of aryl methyl sites for hydroxylation is 1. The van der Waals surface area contributed by atoms with E-state index in [1.165, 1.54) is 5.56 Å². The molecule has 0 spiro atoms. The smallest absolute Gasteiger partial charge is 0.231 e. The predicted octanol–water partition coefficient (Wildman–Crippen LogP) is 2.09. The Hall–Kier alpha value is -2.05. The van der Waals surface area contributed by atoms with E-state index in [0.717, 1.165) is 49.8 Å². The number of aromatic nitrogens is 2. The van der Waals surface area contributed by atoms with Crippen LogP contribution >= 0.6 is 0 Å². The van der Waals surface area contributed by atoms with Crippen LogP contribution < -0.4 is 9.47 Å². The van der Waals surface area contributed by atoms with E-state index in [9.17, 15) is 5.11 Å². The number of piperidine rings is 1. The average Bonchev–Trinajstić information content (AvgIpc) is 3.23. The van der Waals surface area contributed by atoms with Gasteiger partial charge in [-0.3, -0.25) is 4.90 Å². The fourth-order valence-corrected chi connectivity index (χ4v) is 3.60. The molecule has 0 saturated carbocycles. The molecule has 6 heteroatoms. The monoisotopic (exact) mass is 329 g/mol. The topological polar surface area (TPSA) is 59.8 Å². The maximum atomic E-state index is 10.6. The Balaban J connectivity index is 1.34. The highest BCUT2D eigenvalue weighted by Crippen LogP contribution is 2.34. The summed E-state index contributed by atoms with van der Waals surface area (Å²) in [7, 11) is 1.93. The zero-order valence-corrected chi connectivity index (χ0v) is 13.9. The number of nitrogens with zero attached hydrogens (tertiary/aromatic N) is 3.